The van der Waals surface area contributed by atoms with Crippen molar-refractivity contribution in [3.63, 3.8) is 0 Å². The molecular weight excluding hydrogens is 312 g/mol. The summed E-state index contributed by atoms with van der Waals surface area (Å²) in [6.07, 6.45) is -1.75. The van der Waals surface area contributed by atoms with Gasteiger partial charge in [0.15, 0.2) is 0 Å². The van der Waals surface area contributed by atoms with Crippen LogP contribution >= 0.6 is 0 Å². The summed E-state index contributed by atoms with van der Waals surface area (Å²) in [4.78, 5) is 10.2. The highest BCUT2D eigenvalue weighted by molar-refractivity contribution is 5.67. The Balaban J connectivity index is 1.82. The molecule has 3 N–H and O–H groups in total. The number of aliphatic hydroxyl groups excluding tert-OH is 2. The van der Waals surface area contributed by atoms with Gasteiger partial charge in [-0.25, -0.2) is 4.79 Å². The van der Waals surface area contributed by atoms with Gasteiger partial charge in [0.1, 0.15) is 18.8 Å². The second-order valence-electron chi connectivity index (χ2n) is 5.00. The highest BCUT2D eigenvalue weighted by Crippen LogP contribution is 2.14. The van der Waals surface area contributed by atoms with Crippen LogP contribution in [0.5, 0.6) is 0 Å². The van der Waals surface area contributed by atoms with Gasteiger partial charge in [-0.1, -0.05) is 0 Å². The van der Waals surface area contributed by atoms with Gasteiger partial charge < -0.3 is 39.0 Å². The highest BCUT2D eigenvalue weighted by atomic mass is 16.6. The number of carbonyl (C=O) groups is 1. The lowest BCUT2D eigenvalue weighted by atomic mass is 10.0. The summed E-state index contributed by atoms with van der Waals surface area (Å²) >= 11 is 0. The quantitative estimate of drug-likeness (QED) is 0.350. The van der Waals surface area contributed by atoms with Crippen molar-refractivity contribution in [3.05, 3.63) is 0 Å². The van der Waals surface area contributed by atoms with Crippen LogP contribution < -0.4 is 0 Å². The Morgan fingerprint density at radius 2 is 1.52 bits per heavy atom. The first-order chi connectivity index (χ1) is 11.1. The molecule has 1 heterocycles. The molecule has 9 nitrogen and oxygen atoms in total. The summed E-state index contributed by atoms with van der Waals surface area (Å²) in [5, 5.41) is 27.5. The first-order valence-corrected chi connectivity index (χ1v) is 7.61. The Kier molecular flexibility index (Phi) is 11.1. The molecule has 0 aliphatic carbocycles. The summed E-state index contributed by atoms with van der Waals surface area (Å²) < 4.78 is 25.9. The van der Waals surface area contributed by atoms with Crippen LogP contribution in [-0.4, -0.2) is 99.1 Å². The van der Waals surface area contributed by atoms with E-state index < -0.39 is 24.3 Å². The molecule has 136 valence electrons. The fourth-order valence-corrected chi connectivity index (χ4v) is 1.92. The minimum atomic E-state index is -1.01. The molecule has 0 bridgehead atoms. The fraction of sp³-hybridized carbons (Fsp3) is 0.929. The van der Waals surface area contributed by atoms with Crippen LogP contribution in [0.2, 0.25) is 0 Å². The van der Waals surface area contributed by atoms with Crippen LogP contribution in [0.1, 0.15) is 6.42 Å². The molecule has 0 aromatic rings. The average molecular weight is 338 g/mol. The van der Waals surface area contributed by atoms with Crippen LogP contribution in [0.15, 0.2) is 0 Å². The minimum absolute atomic E-state index is 0.207. The average Bonchev–Trinajstić information content (AvgIpc) is 2.52. The van der Waals surface area contributed by atoms with Crippen LogP contribution in [0.4, 0.5) is 0 Å². The number of carboxylic acids is 1. The van der Waals surface area contributed by atoms with E-state index >= 15 is 0 Å². The molecule has 9 heteroatoms. The van der Waals surface area contributed by atoms with E-state index in [0.29, 0.717) is 46.1 Å². The van der Waals surface area contributed by atoms with E-state index in [1.807, 2.05) is 0 Å². The van der Waals surface area contributed by atoms with E-state index in [1.54, 1.807) is 0 Å². The zero-order chi connectivity index (χ0) is 16.9. The molecule has 1 aliphatic heterocycles. The third kappa shape index (κ3) is 9.82. The molecule has 0 spiro atoms. The molecule has 1 saturated heterocycles. The first-order valence-electron chi connectivity index (χ1n) is 7.61. The molecular formula is C14H26O9. The summed E-state index contributed by atoms with van der Waals surface area (Å²) in [7, 11) is 0. The highest BCUT2D eigenvalue weighted by Gasteiger charge is 2.31. The van der Waals surface area contributed by atoms with Gasteiger partial charge in [0.05, 0.1) is 52.4 Å². The molecule has 0 amide bonds. The van der Waals surface area contributed by atoms with E-state index in [0.717, 1.165) is 0 Å². The topological polar surface area (TPSA) is 124 Å². The Morgan fingerprint density at radius 1 is 0.957 bits per heavy atom. The van der Waals surface area contributed by atoms with Gasteiger partial charge in [0, 0.05) is 6.61 Å². The number of aliphatic hydroxyl groups is 2. The first kappa shape index (κ1) is 20.2. The van der Waals surface area contributed by atoms with Crippen LogP contribution in [0.3, 0.4) is 0 Å². The number of aliphatic carboxylic acids is 1. The smallest absolute Gasteiger partial charge is 0.329 e. The van der Waals surface area contributed by atoms with Crippen molar-refractivity contribution in [2.75, 3.05) is 59.5 Å². The monoisotopic (exact) mass is 338 g/mol. The Morgan fingerprint density at radius 3 is 2.13 bits per heavy atom. The summed E-state index contributed by atoms with van der Waals surface area (Å²) in [5.74, 6) is -1.01. The van der Waals surface area contributed by atoms with Crippen molar-refractivity contribution in [3.8, 4) is 0 Å². The van der Waals surface area contributed by atoms with E-state index in [4.69, 9.17) is 28.8 Å². The summed E-state index contributed by atoms with van der Waals surface area (Å²) in [5.41, 5.74) is 0. The lowest BCUT2D eigenvalue weighted by Crippen LogP contribution is -2.46. The molecule has 0 radical (unpaired) electrons. The van der Waals surface area contributed by atoms with Crippen molar-refractivity contribution in [1.29, 1.82) is 0 Å². The van der Waals surface area contributed by atoms with E-state index in [9.17, 15) is 15.0 Å². The van der Waals surface area contributed by atoms with Crippen molar-refractivity contribution in [2.24, 2.45) is 0 Å². The van der Waals surface area contributed by atoms with Gasteiger partial charge in [-0.2, -0.15) is 0 Å². The zero-order valence-electron chi connectivity index (χ0n) is 13.1. The van der Waals surface area contributed by atoms with Gasteiger partial charge in [-0.15, -0.1) is 0 Å². The lowest BCUT2D eigenvalue weighted by molar-refractivity contribution is -0.156. The second kappa shape index (κ2) is 12.6. The molecule has 1 fully saturated rings. The number of ether oxygens (including phenoxy) is 5. The second-order valence-corrected chi connectivity index (χ2v) is 5.00. The van der Waals surface area contributed by atoms with E-state index in [-0.39, 0.29) is 19.8 Å². The number of rotatable bonds is 13. The Hall–Kier alpha value is -0.810. The fourth-order valence-electron chi connectivity index (χ4n) is 1.92. The van der Waals surface area contributed by atoms with Crippen molar-refractivity contribution >= 4 is 5.97 Å². The van der Waals surface area contributed by atoms with Crippen molar-refractivity contribution < 1.29 is 43.8 Å². The molecule has 23 heavy (non-hydrogen) atoms. The molecule has 1 rings (SSSR count). The van der Waals surface area contributed by atoms with E-state index in [2.05, 4.69) is 0 Å². The zero-order valence-corrected chi connectivity index (χ0v) is 13.1. The van der Waals surface area contributed by atoms with Crippen molar-refractivity contribution in [1.82, 2.24) is 0 Å². The molecule has 3 unspecified atom stereocenters. The normalized spacial score (nSPS) is 24.7. The van der Waals surface area contributed by atoms with Crippen LogP contribution in [0, 0.1) is 0 Å². The van der Waals surface area contributed by atoms with Gasteiger partial charge in [0.2, 0.25) is 0 Å². The molecule has 1 aliphatic rings. The lowest BCUT2D eigenvalue weighted by Gasteiger charge is -2.31. The van der Waals surface area contributed by atoms with Crippen molar-refractivity contribution in [2.45, 2.75) is 24.7 Å². The molecule has 3 atom stereocenters. The van der Waals surface area contributed by atoms with Crippen LogP contribution in [0.25, 0.3) is 0 Å². The Labute approximate surface area is 135 Å². The maximum atomic E-state index is 10.2. The Bertz CT molecular complexity index is 313. The largest absolute Gasteiger partial charge is 0.480 e. The maximum absolute atomic E-state index is 10.2. The number of hydrogen-bond acceptors (Lipinski definition) is 8. The number of hydrogen-bond donors (Lipinski definition) is 3. The van der Waals surface area contributed by atoms with Gasteiger partial charge >= 0.3 is 5.97 Å². The van der Waals surface area contributed by atoms with Gasteiger partial charge in [-0.05, 0) is 6.42 Å². The van der Waals surface area contributed by atoms with Crippen LogP contribution in [-0.2, 0) is 28.5 Å². The third-order valence-electron chi connectivity index (χ3n) is 3.14. The predicted molar refractivity (Wildman–Crippen MR) is 77.3 cm³/mol. The summed E-state index contributed by atoms with van der Waals surface area (Å²) in [6.45, 7) is 2.34. The SMILES string of the molecule is O=C(O)COCCOCCOCCOCC1OCCC(O)C1O. The minimum Gasteiger partial charge on any atom is -0.480 e. The predicted octanol–water partition coefficient (Wildman–Crippen LogP) is -1.35. The standard InChI is InChI=1S/C14H26O9/c15-11-1-2-23-12(14(11)18)9-21-7-5-19-3-4-20-6-8-22-10-13(16)17/h11-12,14-15,18H,1-10H2,(H,16,17). The van der Waals surface area contributed by atoms with Gasteiger partial charge in [0.25, 0.3) is 0 Å². The molecule has 0 aromatic carbocycles. The molecule has 0 aromatic heterocycles. The third-order valence-corrected chi connectivity index (χ3v) is 3.14. The van der Waals surface area contributed by atoms with Gasteiger partial charge in [-0.3, -0.25) is 0 Å². The van der Waals surface area contributed by atoms with E-state index in [1.165, 1.54) is 0 Å². The molecule has 0 saturated carbocycles. The number of carboxylic acid groups (broad SMARTS) is 1. The maximum Gasteiger partial charge on any atom is 0.329 e. The summed E-state index contributed by atoms with van der Waals surface area (Å²) in [6, 6.07) is 0.